The van der Waals surface area contributed by atoms with Gasteiger partial charge >= 0.3 is 0 Å². The largest absolute Gasteiger partial charge is 0.369 e. The number of sulfone groups is 1. The van der Waals surface area contributed by atoms with Crippen molar-refractivity contribution >= 4 is 33.5 Å². The summed E-state index contributed by atoms with van der Waals surface area (Å²) in [5, 5.41) is 3.10. The first kappa shape index (κ1) is 14.2. The maximum Gasteiger partial charge on any atom is 0.156 e. The third-order valence-electron chi connectivity index (χ3n) is 3.01. The average Bonchev–Trinajstić information content (AvgIpc) is 2.66. The van der Waals surface area contributed by atoms with Crippen molar-refractivity contribution < 1.29 is 13.2 Å². The van der Waals surface area contributed by atoms with Gasteiger partial charge in [0.1, 0.15) is 16.8 Å². The van der Waals surface area contributed by atoms with Crippen LogP contribution in [0.2, 0.25) is 5.15 Å². The number of hydrogen-bond donors (Lipinski definition) is 1. The number of nitrogens with zero attached hydrogens (tertiary/aromatic N) is 2. The number of hydrogen-bond acceptors (Lipinski definition) is 6. The van der Waals surface area contributed by atoms with Gasteiger partial charge in [0, 0.05) is 6.54 Å². The molecular formula is C11H14ClN3O3S. The number of aryl methyl sites for hydroxylation is 1. The van der Waals surface area contributed by atoms with Crippen molar-refractivity contribution in [3.05, 3.63) is 16.5 Å². The summed E-state index contributed by atoms with van der Waals surface area (Å²) in [6.45, 7) is 2.12. The molecule has 1 saturated heterocycles. The van der Waals surface area contributed by atoms with E-state index in [0.29, 0.717) is 30.9 Å². The highest BCUT2D eigenvalue weighted by atomic mass is 35.5. The van der Waals surface area contributed by atoms with E-state index in [9.17, 15) is 13.2 Å². The first-order chi connectivity index (χ1) is 8.91. The molecular weight excluding hydrogens is 290 g/mol. The average molecular weight is 304 g/mol. The number of aldehydes is 1. The summed E-state index contributed by atoms with van der Waals surface area (Å²) in [6.07, 6.45) is 1.22. The van der Waals surface area contributed by atoms with Gasteiger partial charge in [0.25, 0.3) is 0 Å². The minimum Gasteiger partial charge on any atom is -0.369 e. The first-order valence-electron chi connectivity index (χ1n) is 5.85. The lowest BCUT2D eigenvalue weighted by Crippen LogP contribution is -2.17. The molecule has 0 spiro atoms. The van der Waals surface area contributed by atoms with E-state index in [1.807, 2.05) is 0 Å². The molecule has 104 valence electrons. The molecule has 0 amide bonds. The normalized spacial score (nSPS) is 21.3. The first-order valence-corrected chi connectivity index (χ1v) is 8.05. The van der Waals surface area contributed by atoms with Gasteiger partial charge in [-0.25, -0.2) is 18.4 Å². The molecule has 0 aromatic carbocycles. The monoisotopic (exact) mass is 303 g/mol. The Morgan fingerprint density at radius 1 is 1.47 bits per heavy atom. The highest BCUT2D eigenvalue weighted by molar-refractivity contribution is 7.91. The number of carbonyl (C=O) groups is 1. The van der Waals surface area contributed by atoms with Crippen LogP contribution in [-0.4, -0.2) is 42.7 Å². The van der Waals surface area contributed by atoms with Crippen molar-refractivity contribution in [2.75, 3.05) is 23.4 Å². The topological polar surface area (TPSA) is 89.0 Å². The number of aromatic nitrogens is 2. The molecule has 2 heterocycles. The van der Waals surface area contributed by atoms with Crippen LogP contribution < -0.4 is 5.32 Å². The van der Waals surface area contributed by atoms with Crippen molar-refractivity contribution in [2.45, 2.75) is 13.3 Å². The molecule has 2 rings (SSSR count). The second-order valence-electron chi connectivity index (χ2n) is 4.59. The fourth-order valence-electron chi connectivity index (χ4n) is 2.06. The van der Waals surface area contributed by atoms with Gasteiger partial charge in [0.05, 0.1) is 17.1 Å². The maximum absolute atomic E-state index is 11.4. The van der Waals surface area contributed by atoms with Crippen LogP contribution in [0.4, 0.5) is 5.82 Å². The van der Waals surface area contributed by atoms with Crippen LogP contribution in [0, 0.1) is 12.8 Å². The van der Waals surface area contributed by atoms with E-state index in [-0.39, 0.29) is 28.1 Å². The van der Waals surface area contributed by atoms with Crippen molar-refractivity contribution in [1.82, 2.24) is 9.97 Å². The van der Waals surface area contributed by atoms with E-state index in [2.05, 4.69) is 15.3 Å². The maximum atomic E-state index is 11.4. The molecule has 0 saturated carbocycles. The fourth-order valence-corrected chi connectivity index (χ4v) is 4.18. The van der Waals surface area contributed by atoms with Crippen LogP contribution in [0.25, 0.3) is 0 Å². The molecule has 1 fully saturated rings. The fraction of sp³-hybridized carbons (Fsp3) is 0.545. The summed E-state index contributed by atoms with van der Waals surface area (Å²) >= 11 is 5.86. The third kappa shape index (κ3) is 3.42. The van der Waals surface area contributed by atoms with Gasteiger partial charge in [0.15, 0.2) is 16.1 Å². The Labute approximate surface area is 116 Å². The van der Waals surface area contributed by atoms with E-state index in [1.54, 1.807) is 6.92 Å². The van der Waals surface area contributed by atoms with Gasteiger partial charge in [-0.3, -0.25) is 4.79 Å². The Morgan fingerprint density at radius 3 is 2.79 bits per heavy atom. The molecule has 1 N–H and O–H groups in total. The predicted octanol–water partition coefficient (Wildman–Crippen LogP) is 1.10. The third-order valence-corrected chi connectivity index (χ3v) is 5.14. The molecule has 1 aromatic heterocycles. The number of rotatable bonds is 4. The molecule has 19 heavy (non-hydrogen) atoms. The van der Waals surface area contributed by atoms with Crippen LogP contribution in [-0.2, 0) is 9.84 Å². The van der Waals surface area contributed by atoms with Gasteiger partial charge < -0.3 is 5.32 Å². The predicted molar refractivity (Wildman–Crippen MR) is 72.4 cm³/mol. The van der Waals surface area contributed by atoms with E-state index < -0.39 is 9.84 Å². The second kappa shape index (κ2) is 5.42. The molecule has 1 aromatic rings. The molecule has 0 radical (unpaired) electrons. The number of carbonyl (C=O) groups excluding carboxylic acids is 1. The van der Waals surface area contributed by atoms with Gasteiger partial charge in [0.2, 0.25) is 0 Å². The summed E-state index contributed by atoms with van der Waals surface area (Å²) in [5.74, 6) is 1.25. The minimum atomic E-state index is -2.90. The Kier molecular flexibility index (Phi) is 4.05. The van der Waals surface area contributed by atoms with E-state index >= 15 is 0 Å². The Balaban J connectivity index is 2.10. The van der Waals surface area contributed by atoms with E-state index in [0.717, 1.165) is 0 Å². The molecule has 1 atom stereocenters. The summed E-state index contributed by atoms with van der Waals surface area (Å²) in [7, 11) is -2.90. The molecule has 8 heteroatoms. The van der Waals surface area contributed by atoms with Crippen LogP contribution >= 0.6 is 11.6 Å². The highest BCUT2D eigenvalue weighted by Gasteiger charge is 2.27. The zero-order valence-electron chi connectivity index (χ0n) is 10.4. The summed E-state index contributed by atoms with van der Waals surface area (Å²) in [6, 6.07) is 0. The van der Waals surface area contributed by atoms with Crippen molar-refractivity contribution in [3.63, 3.8) is 0 Å². The lowest BCUT2D eigenvalue weighted by Gasteiger charge is -2.12. The molecule has 1 aliphatic rings. The number of anilines is 1. The number of nitrogens with one attached hydrogen (secondary N) is 1. The van der Waals surface area contributed by atoms with Gasteiger partial charge in [-0.15, -0.1) is 0 Å². The zero-order valence-corrected chi connectivity index (χ0v) is 12.0. The van der Waals surface area contributed by atoms with Gasteiger partial charge in [-0.1, -0.05) is 11.6 Å². The van der Waals surface area contributed by atoms with Gasteiger partial charge in [-0.05, 0) is 19.3 Å². The van der Waals surface area contributed by atoms with Crippen LogP contribution in [0.15, 0.2) is 0 Å². The molecule has 0 bridgehead atoms. The lowest BCUT2D eigenvalue weighted by molar-refractivity contribution is 0.112. The van der Waals surface area contributed by atoms with Crippen molar-refractivity contribution in [3.8, 4) is 0 Å². The van der Waals surface area contributed by atoms with Crippen LogP contribution in [0.3, 0.4) is 0 Å². The molecule has 0 aliphatic carbocycles. The Hall–Kier alpha value is -1.21. The summed E-state index contributed by atoms with van der Waals surface area (Å²) in [5.41, 5.74) is 0.202. The minimum absolute atomic E-state index is 0.0403. The van der Waals surface area contributed by atoms with Crippen molar-refractivity contribution in [1.29, 1.82) is 0 Å². The standard InChI is InChI=1S/C11H14ClN3O3S/c1-7-14-10(12)9(5-16)11(15-7)13-4-8-2-3-19(17,18)6-8/h5,8H,2-4,6H2,1H3,(H,13,14,15). The van der Waals surface area contributed by atoms with Crippen molar-refractivity contribution in [2.24, 2.45) is 5.92 Å². The second-order valence-corrected chi connectivity index (χ2v) is 7.18. The molecule has 1 unspecified atom stereocenters. The Morgan fingerprint density at radius 2 is 2.21 bits per heavy atom. The molecule has 1 aliphatic heterocycles. The SMILES string of the molecule is Cc1nc(Cl)c(C=O)c(NCC2CCS(=O)(=O)C2)n1. The quantitative estimate of drug-likeness (QED) is 0.662. The van der Waals surface area contributed by atoms with Crippen LogP contribution in [0.1, 0.15) is 22.6 Å². The lowest BCUT2D eigenvalue weighted by atomic mass is 10.1. The van der Waals surface area contributed by atoms with Gasteiger partial charge in [-0.2, -0.15) is 0 Å². The molecule has 6 nitrogen and oxygen atoms in total. The number of halogens is 1. The van der Waals surface area contributed by atoms with E-state index in [1.165, 1.54) is 0 Å². The smallest absolute Gasteiger partial charge is 0.156 e. The van der Waals surface area contributed by atoms with E-state index in [4.69, 9.17) is 11.6 Å². The Bertz CT molecular complexity index is 603. The summed E-state index contributed by atoms with van der Waals surface area (Å²) in [4.78, 5) is 19.0. The zero-order chi connectivity index (χ0) is 14.0. The van der Waals surface area contributed by atoms with Crippen LogP contribution in [0.5, 0.6) is 0 Å². The summed E-state index contributed by atoms with van der Waals surface area (Å²) < 4.78 is 22.7. The highest BCUT2D eigenvalue weighted by Crippen LogP contribution is 2.22.